The molecule has 0 bridgehead atoms. The summed E-state index contributed by atoms with van der Waals surface area (Å²) in [6.07, 6.45) is 3.59. The number of carbonyl (C=O) groups is 1. The second kappa shape index (κ2) is 5.99. The van der Waals surface area contributed by atoms with E-state index in [0.29, 0.717) is 18.9 Å². The fourth-order valence-electron chi connectivity index (χ4n) is 1.60. The largest absolute Gasteiger partial charge is 0.326 e. The molecule has 0 saturated heterocycles. The van der Waals surface area contributed by atoms with E-state index in [-0.39, 0.29) is 6.03 Å². The van der Waals surface area contributed by atoms with E-state index in [4.69, 9.17) is 0 Å². The molecule has 2 aromatic rings. The number of anilines is 1. The average molecular weight is 259 g/mol. The van der Waals surface area contributed by atoms with Crippen molar-refractivity contribution in [3.05, 3.63) is 42.4 Å². The molecule has 6 heteroatoms. The Morgan fingerprint density at radius 3 is 2.95 bits per heavy atom. The predicted molar refractivity (Wildman–Crippen MR) is 72.8 cm³/mol. The Bertz CT molecular complexity index is 538. The first-order valence-electron chi connectivity index (χ1n) is 6.08. The van der Waals surface area contributed by atoms with Gasteiger partial charge in [0.1, 0.15) is 5.82 Å². The number of amides is 2. The lowest BCUT2D eigenvalue weighted by Gasteiger charge is -2.17. The minimum absolute atomic E-state index is 0.176. The van der Waals surface area contributed by atoms with Gasteiger partial charge in [0.25, 0.3) is 0 Å². The summed E-state index contributed by atoms with van der Waals surface area (Å²) in [5.74, 6) is 0.566. The van der Waals surface area contributed by atoms with Gasteiger partial charge < -0.3 is 4.90 Å². The van der Waals surface area contributed by atoms with Crippen LogP contribution in [0.2, 0.25) is 0 Å². The summed E-state index contributed by atoms with van der Waals surface area (Å²) in [6, 6.07) is 7.20. The molecule has 2 heterocycles. The van der Waals surface area contributed by atoms with Crippen LogP contribution in [0.15, 0.2) is 36.7 Å². The average Bonchev–Trinajstić information content (AvgIpc) is 2.89. The van der Waals surface area contributed by atoms with Crippen molar-refractivity contribution in [2.24, 2.45) is 0 Å². The van der Waals surface area contributed by atoms with Crippen LogP contribution in [0.3, 0.4) is 0 Å². The molecule has 2 aromatic heterocycles. The molecule has 0 saturated carbocycles. The molecule has 2 rings (SSSR count). The van der Waals surface area contributed by atoms with Gasteiger partial charge in [0.05, 0.1) is 6.54 Å². The molecular formula is C13H17N5O. The number of nitrogens with one attached hydrogen (secondary N) is 1. The maximum atomic E-state index is 11.9. The number of rotatable bonds is 4. The number of hydrogen-bond acceptors (Lipinski definition) is 3. The Balaban J connectivity index is 1.85. The Kier molecular flexibility index (Phi) is 4.12. The molecule has 19 heavy (non-hydrogen) atoms. The summed E-state index contributed by atoms with van der Waals surface area (Å²) < 4.78 is 1.79. The van der Waals surface area contributed by atoms with E-state index in [1.807, 2.05) is 31.3 Å². The number of aromatic nitrogens is 3. The zero-order valence-corrected chi connectivity index (χ0v) is 11.1. The minimum Gasteiger partial charge on any atom is -0.326 e. The predicted octanol–water partition coefficient (Wildman–Crippen LogP) is 1.75. The molecule has 100 valence electrons. The molecule has 0 spiro atoms. The topological polar surface area (TPSA) is 63.1 Å². The first kappa shape index (κ1) is 13.1. The Morgan fingerprint density at radius 1 is 1.42 bits per heavy atom. The highest BCUT2D eigenvalue weighted by Crippen LogP contribution is 2.04. The van der Waals surface area contributed by atoms with Crippen LogP contribution in [-0.2, 0) is 6.54 Å². The van der Waals surface area contributed by atoms with Gasteiger partial charge in [-0.2, -0.15) is 5.10 Å². The van der Waals surface area contributed by atoms with Gasteiger partial charge in [0.2, 0.25) is 0 Å². The number of carbonyl (C=O) groups excluding carboxylic acids is 1. The fraction of sp³-hybridized carbons (Fsp3) is 0.308. The monoisotopic (exact) mass is 259 g/mol. The molecule has 1 N–H and O–H groups in total. The van der Waals surface area contributed by atoms with Crippen LogP contribution in [0.4, 0.5) is 10.6 Å². The van der Waals surface area contributed by atoms with Gasteiger partial charge in [0, 0.05) is 31.7 Å². The Morgan fingerprint density at radius 2 is 2.26 bits per heavy atom. The first-order chi connectivity index (χ1) is 9.15. The highest BCUT2D eigenvalue weighted by atomic mass is 16.2. The van der Waals surface area contributed by atoms with Gasteiger partial charge in [-0.05, 0) is 25.1 Å². The van der Waals surface area contributed by atoms with Crippen LogP contribution >= 0.6 is 0 Å². The standard InChI is InChI=1S/C13H17N5O/c1-11-5-3-6-12(15-11)16-13(19)17(2)9-10-18-8-4-7-14-18/h3-8H,9-10H2,1-2H3,(H,15,16,19). The van der Waals surface area contributed by atoms with Crippen LogP contribution in [0.5, 0.6) is 0 Å². The Labute approximate surface area is 112 Å². The first-order valence-corrected chi connectivity index (χ1v) is 6.08. The number of aryl methyl sites for hydroxylation is 1. The third kappa shape index (κ3) is 3.80. The minimum atomic E-state index is -0.176. The van der Waals surface area contributed by atoms with E-state index < -0.39 is 0 Å². The third-order valence-corrected chi connectivity index (χ3v) is 2.69. The number of hydrogen-bond donors (Lipinski definition) is 1. The summed E-state index contributed by atoms with van der Waals surface area (Å²) in [7, 11) is 1.74. The van der Waals surface area contributed by atoms with Gasteiger partial charge in [0.15, 0.2) is 0 Å². The lowest BCUT2D eigenvalue weighted by Crippen LogP contribution is -2.34. The lowest BCUT2D eigenvalue weighted by molar-refractivity contribution is 0.220. The van der Waals surface area contributed by atoms with Crippen molar-refractivity contribution in [2.75, 3.05) is 18.9 Å². The summed E-state index contributed by atoms with van der Waals surface area (Å²) >= 11 is 0. The molecule has 0 fully saturated rings. The molecule has 2 amide bonds. The van der Waals surface area contributed by atoms with Crippen LogP contribution < -0.4 is 5.32 Å². The quantitative estimate of drug-likeness (QED) is 0.909. The normalized spacial score (nSPS) is 10.2. The summed E-state index contributed by atoms with van der Waals surface area (Å²) in [5.41, 5.74) is 0.872. The van der Waals surface area contributed by atoms with Crippen LogP contribution in [0, 0.1) is 6.92 Å². The molecule has 0 aromatic carbocycles. The smallest absolute Gasteiger partial charge is 0.322 e. The van der Waals surface area contributed by atoms with Crippen molar-refractivity contribution in [2.45, 2.75) is 13.5 Å². The molecule has 0 radical (unpaired) electrons. The lowest BCUT2D eigenvalue weighted by atomic mass is 10.4. The van der Waals surface area contributed by atoms with Crippen molar-refractivity contribution < 1.29 is 4.79 Å². The van der Waals surface area contributed by atoms with Crippen LogP contribution in [0.25, 0.3) is 0 Å². The Hall–Kier alpha value is -2.37. The summed E-state index contributed by atoms with van der Waals surface area (Å²) in [6.45, 7) is 3.13. The van der Waals surface area contributed by atoms with E-state index in [1.54, 1.807) is 28.9 Å². The van der Waals surface area contributed by atoms with Crippen molar-refractivity contribution in [1.82, 2.24) is 19.7 Å². The molecule has 6 nitrogen and oxygen atoms in total. The van der Waals surface area contributed by atoms with Crippen molar-refractivity contribution in [3.63, 3.8) is 0 Å². The zero-order chi connectivity index (χ0) is 13.7. The third-order valence-electron chi connectivity index (χ3n) is 2.69. The zero-order valence-electron chi connectivity index (χ0n) is 11.1. The number of pyridine rings is 1. The van der Waals surface area contributed by atoms with Crippen molar-refractivity contribution in [3.8, 4) is 0 Å². The van der Waals surface area contributed by atoms with E-state index >= 15 is 0 Å². The van der Waals surface area contributed by atoms with Gasteiger partial charge in [-0.3, -0.25) is 10.00 Å². The maximum absolute atomic E-state index is 11.9. The summed E-state index contributed by atoms with van der Waals surface area (Å²) in [4.78, 5) is 17.8. The number of nitrogens with zero attached hydrogens (tertiary/aromatic N) is 4. The molecule has 0 aliphatic heterocycles. The highest BCUT2D eigenvalue weighted by Gasteiger charge is 2.09. The van der Waals surface area contributed by atoms with E-state index in [2.05, 4.69) is 15.4 Å². The molecule has 0 atom stereocenters. The van der Waals surface area contributed by atoms with E-state index in [1.165, 1.54) is 0 Å². The SMILES string of the molecule is Cc1cccc(NC(=O)N(C)CCn2cccn2)n1. The highest BCUT2D eigenvalue weighted by molar-refractivity contribution is 5.88. The number of urea groups is 1. The van der Waals surface area contributed by atoms with Crippen molar-refractivity contribution in [1.29, 1.82) is 0 Å². The molecule has 0 aliphatic carbocycles. The van der Waals surface area contributed by atoms with Crippen molar-refractivity contribution >= 4 is 11.8 Å². The van der Waals surface area contributed by atoms with E-state index in [9.17, 15) is 4.79 Å². The fourth-order valence-corrected chi connectivity index (χ4v) is 1.60. The van der Waals surface area contributed by atoms with E-state index in [0.717, 1.165) is 5.69 Å². The summed E-state index contributed by atoms with van der Waals surface area (Å²) in [5, 5.41) is 6.85. The second-order valence-corrected chi connectivity index (χ2v) is 4.29. The maximum Gasteiger partial charge on any atom is 0.322 e. The molecular weight excluding hydrogens is 242 g/mol. The molecule has 0 aliphatic rings. The number of likely N-dealkylation sites (N-methyl/N-ethyl adjacent to an activating group) is 1. The van der Waals surface area contributed by atoms with Gasteiger partial charge in [-0.25, -0.2) is 9.78 Å². The second-order valence-electron chi connectivity index (χ2n) is 4.29. The van der Waals surface area contributed by atoms with Gasteiger partial charge >= 0.3 is 6.03 Å². The van der Waals surface area contributed by atoms with Gasteiger partial charge in [-0.15, -0.1) is 0 Å². The molecule has 0 unspecified atom stereocenters. The van der Waals surface area contributed by atoms with Crippen LogP contribution in [-0.4, -0.2) is 39.3 Å². The van der Waals surface area contributed by atoms with Crippen LogP contribution in [0.1, 0.15) is 5.69 Å². The van der Waals surface area contributed by atoms with Gasteiger partial charge in [-0.1, -0.05) is 6.07 Å².